The summed E-state index contributed by atoms with van der Waals surface area (Å²) < 4.78 is 0.927. The van der Waals surface area contributed by atoms with Gasteiger partial charge in [-0.05, 0) is 34.5 Å². The molecule has 1 rings (SSSR count). The van der Waals surface area contributed by atoms with Gasteiger partial charge in [-0.1, -0.05) is 0 Å². The van der Waals surface area contributed by atoms with Crippen LogP contribution in [0.2, 0.25) is 0 Å². The molecule has 17 heavy (non-hydrogen) atoms. The predicted octanol–water partition coefficient (Wildman–Crippen LogP) is 1.84. The van der Waals surface area contributed by atoms with E-state index in [4.69, 9.17) is 0 Å². The predicted molar refractivity (Wildman–Crippen MR) is 72.2 cm³/mol. The molecule has 1 aromatic rings. The monoisotopic (exact) mass is 300 g/mol. The maximum absolute atomic E-state index is 11.2. The number of halogens is 1. The number of amides is 2. The molecule has 0 saturated carbocycles. The molecule has 0 aliphatic rings. The summed E-state index contributed by atoms with van der Waals surface area (Å²) in [6.45, 7) is 3.17. The Morgan fingerprint density at radius 3 is 2.76 bits per heavy atom. The van der Waals surface area contributed by atoms with Crippen LogP contribution >= 0.6 is 15.9 Å². The number of pyridine rings is 1. The molecule has 0 unspecified atom stereocenters. The van der Waals surface area contributed by atoms with Crippen LogP contribution in [0.5, 0.6) is 0 Å². The average Bonchev–Trinajstić information content (AvgIpc) is 2.26. The van der Waals surface area contributed by atoms with E-state index in [2.05, 4.69) is 31.5 Å². The topological polar surface area (TPSA) is 57.3 Å². The van der Waals surface area contributed by atoms with Gasteiger partial charge in [0.1, 0.15) is 5.82 Å². The highest BCUT2D eigenvalue weighted by molar-refractivity contribution is 9.10. The lowest BCUT2D eigenvalue weighted by atomic mass is 10.3. The summed E-state index contributed by atoms with van der Waals surface area (Å²) in [5, 5.41) is 5.91. The molecule has 0 aliphatic heterocycles. The van der Waals surface area contributed by atoms with Crippen LogP contribution in [0.15, 0.2) is 16.7 Å². The lowest BCUT2D eigenvalue weighted by Crippen LogP contribution is -2.37. The number of hydrogen-bond donors (Lipinski definition) is 2. The van der Waals surface area contributed by atoms with Crippen molar-refractivity contribution in [3.8, 4) is 0 Å². The summed E-state index contributed by atoms with van der Waals surface area (Å²) in [4.78, 5) is 17.0. The van der Waals surface area contributed by atoms with Crippen LogP contribution in [-0.2, 0) is 0 Å². The molecular weight excluding hydrogens is 284 g/mol. The van der Waals surface area contributed by atoms with Crippen molar-refractivity contribution in [2.75, 3.05) is 32.5 Å². The zero-order chi connectivity index (χ0) is 12.8. The van der Waals surface area contributed by atoms with E-state index in [1.807, 2.05) is 13.0 Å². The summed E-state index contributed by atoms with van der Waals surface area (Å²) >= 11 is 3.43. The molecule has 6 heteroatoms. The van der Waals surface area contributed by atoms with E-state index < -0.39 is 0 Å². The Kier molecular flexibility index (Phi) is 5.21. The Hall–Kier alpha value is -1.30. The molecule has 94 valence electrons. The standard InChI is InChI=1S/C11H17BrN4O/c1-8-6-9(12)10(15-7-8)13-4-5-14-11(17)16(2)3/h6-7H,4-5H2,1-3H3,(H,13,15)(H,14,17). The Morgan fingerprint density at radius 2 is 2.18 bits per heavy atom. The third-order valence-corrected chi connectivity index (χ3v) is 2.68. The maximum Gasteiger partial charge on any atom is 0.316 e. The largest absolute Gasteiger partial charge is 0.367 e. The molecule has 0 bridgehead atoms. The normalized spacial score (nSPS) is 9.88. The summed E-state index contributed by atoms with van der Waals surface area (Å²) in [5.41, 5.74) is 1.10. The summed E-state index contributed by atoms with van der Waals surface area (Å²) in [7, 11) is 3.42. The van der Waals surface area contributed by atoms with E-state index in [1.54, 1.807) is 20.3 Å². The molecule has 1 heterocycles. The Balaban J connectivity index is 2.34. The first-order chi connectivity index (χ1) is 8.00. The van der Waals surface area contributed by atoms with Crippen LogP contribution in [0.4, 0.5) is 10.6 Å². The number of nitrogens with zero attached hydrogens (tertiary/aromatic N) is 2. The molecule has 2 N–H and O–H groups in total. The number of nitrogens with one attached hydrogen (secondary N) is 2. The van der Waals surface area contributed by atoms with Crippen molar-refractivity contribution < 1.29 is 4.79 Å². The SMILES string of the molecule is Cc1cnc(NCCNC(=O)N(C)C)c(Br)c1. The van der Waals surface area contributed by atoms with Crippen LogP contribution in [-0.4, -0.2) is 43.1 Å². The number of aryl methyl sites for hydroxylation is 1. The maximum atomic E-state index is 11.2. The van der Waals surface area contributed by atoms with Crippen LogP contribution in [0.3, 0.4) is 0 Å². The molecule has 0 atom stereocenters. The fourth-order valence-corrected chi connectivity index (χ4v) is 1.78. The average molecular weight is 301 g/mol. The van der Waals surface area contributed by atoms with Gasteiger partial charge in [0, 0.05) is 33.4 Å². The first kappa shape index (κ1) is 13.8. The van der Waals surface area contributed by atoms with Gasteiger partial charge in [-0.3, -0.25) is 0 Å². The molecule has 0 spiro atoms. The lowest BCUT2D eigenvalue weighted by Gasteiger charge is -2.12. The van der Waals surface area contributed by atoms with Crippen LogP contribution < -0.4 is 10.6 Å². The van der Waals surface area contributed by atoms with Gasteiger partial charge >= 0.3 is 6.03 Å². The molecule has 2 amide bonds. The summed E-state index contributed by atoms with van der Waals surface area (Å²) in [5.74, 6) is 0.787. The van der Waals surface area contributed by atoms with Gasteiger partial charge in [-0.25, -0.2) is 9.78 Å². The van der Waals surface area contributed by atoms with Gasteiger partial charge in [0.15, 0.2) is 0 Å². The van der Waals surface area contributed by atoms with Crippen molar-refractivity contribution in [1.29, 1.82) is 0 Å². The second-order valence-corrected chi connectivity index (χ2v) is 4.75. The smallest absolute Gasteiger partial charge is 0.316 e. The number of carbonyl (C=O) groups excluding carboxylic acids is 1. The summed E-state index contributed by atoms with van der Waals surface area (Å²) in [6.07, 6.45) is 1.80. The Bertz CT molecular complexity index is 395. The number of aromatic nitrogens is 1. The lowest BCUT2D eigenvalue weighted by molar-refractivity contribution is 0.218. The molecule has 0 aromatic carbocycles. The highest BCUT2D eigenvalue weighted by Gasteiger charge is 2.03. The summed E-state index contributed by atoms with van der Waals surface area (Å²) in [6, 6.07) is 1.90. The number of anilines is 1. The van der Waals surface area contributed by atoms with E-state index in [0.29, 0.717) is 13.1 Å². The van der Waals surface area contributed by atoms with Crippen molar-refractivity contribution in [2.45, 2.75) is 6.92 Å². The zero-order valence-corrected chi connectivity index (χ0v) is 11.8. The van der Waals surface area contributed by atoms with E-state index in [1.165, 1.54) is 4.90 Å². The van der Waals surface area contributed by atoms with Gasteiger partial charge in [0.2, 0.25) is 0 Å². The second-order valence-electron chi connectivity index (χ2n) is 3.90. The minimum atomic E-state index is -0.0947. The number of rotatable bonds is 4. The Morgan fingerprint density at radius 1 is 1.47 bits per heavy atom. The van der Waals surface area contributed by atoms with Crippen molar-refractivity contribution in [3.05, 3.63) is 22.3 Å². The van der Waals surface area contributed by atoms with Crippen molar-refractivity contribution >= 4 is 27.8 Å². The molecular formula is C11H17BrN4O. The van der Waals surface area contributed by atoms with Crippen LogP contribution in [0.1, 0.15) is 5.56 Å². The third-order valence-electron chi connectivity index (χ3n) is 2.08. The highest BCUT2D eigenvalue weighted by Crippen LogP contribution is 2.19. The van der Waals surface area contributed by atoms with Gasteiger partial charge in [0.25, 0.3) is 0 Å². The third kappa shape index (κ3) is 4.60. The van der Waals surface area contributed by atoms with E-state index in [-0.39, 0.29) is 6.03 Å². The zero-order valence-electron chi connectivity index (χ0n) is 10.2. The fourth-order valence-electron chi connectivity index (χ4n) is 1.17. The first-order valence-corrected chi connectivity index (χ1v) is 6.11. The Labute approximate surface area is 110 Å². The van der Waals surface area contributed by atoms with Gasteiger partial charge in [0.05, 0.1) is 4.47 Å². The van der Waals surface area contributed by atoms with E-state index in [9.17, 15) is 4.79 Å². The van der Waals surface area contributed by atoms with Crippen LogP contribution in [0, 0.1) is 6.92 Å². The molecule has 1 aromatic heterocycles. The fraction of sp³-hybridized carbons (Fsp3) is 0.455. The van der Waals surface area contributed by atoms with Crippen molar-refractivity contribution in [3.63, 3.8) is 0 Å². The van der Waals surface area contributed by atoms with E-state index in [0.717, 1.165) is 15.9 Å². The molecule has 0 aliphatic carbocycles. The van der Waals surface area contributed by atoms with Crippen molar-refractivity contribution in [1.82, 2.24) is 15.2 Å². The minimum Gasteiger partial charge on any atom is -0.367 e. The quantitative estimate of drug-likeness (QED) is 0.834. The minimum absolute atomic E-state index is 0.0947. The number of hydrogen-bond acceptors (Lipinski definition) is 3. The first-order valence-electron chi connectivity index (χ1n) is 5.32. The highest BCUT2D eigenvalue weighted by atomic mass is 79.9. The number of urea groups is 1. The van der Waals surface area contributed by atoms with E-state index >= 15 is 0 Å². The number of carbonyl (C=O) groups is 1. The molecule has 0 fully saturated rings. The van der Waals surface area contributed by atoms with Gasteiger partial charge < -0.3 is 15.5 Å². The second kappa shape index (κ2) is 6.44. The van der Waals surface area contributed by atoms with Gasteiger partial charge in [-0.2, -0.15) is 0 Å². The molecule has 0 radical (unpaired) electrons. The van der Waals surface area contributed by atoms with Crippen LogP contribution in [0.25, 0.3) is 0 Å². The van der Waals surface area contributed by atoms with Gasteiger partial charge in [-0.15, -0.1) is 0 Å². The van der Waals surface area contributed by atoms with Crippen molar-refractivity contribution in [2.24, 2.45) is 0 Å². The molecule has 0 saturated heterocycles. The molecule has 5 nitrogen and oxygen atoms in total.